The van der Waals surface area contributed by atoms with Gasteiger partial charge in [0.2, 0.25) is 0 Å². The molecule has 2 aromatic rings. The highest BCUT2D eigenvalue weighted by molar-refractivity contribution is 5.67. The Morgan fingerprint density at radius 3 is 2.88 bits per heavy atom. The predicted octanol–water partition coefficient (Wildman–Crippen LogP) is 2.51. The zero-order valence-electron chi connectivity index (χ0n) is 9.90. The maximum atomic E-state index is 10.6. The molecule has 0 unspecified atom stereocenters. The van der Waals surface area contributed by atoms with Gasteiger partial charge in [0.05, 0.1) is 11.2 Å². The summed E-state index contributed by atoms with van der Waals surface area (Å²) < 4.78 is 2.10. The molecule has 0 spiro atoms. The van der Waals surface area contributed by atoms with Crippen LogP contribution < -0.4 is 0 Å². The summed E-state index contributed by atoms with van der Waals surface area (Å²) in [5.74, 6) is 1.44. The quantitative estimate of drug-likeness (QED) is 0.739. The van der Waals surface area contributed by atoms with Crippen molar-refractivity contribution < 1.29 is 4.79 Å². The lowest BCUT2D eigenvalue weighted by Crippen LogP contribution is -1.98. The van der Waals surface area contributed by atoms with Crippen molar-refractivity contribution in [1.82, 2.24) is 9.38 Å². The van der Waals surface area contributed by atoms with Gasteiger partial charge in [-0.15, -0.1) is 0 Å². The molecule has 0 aliphatic carbocycles. The van der Waals surface area contributed by atoms with E-state index in [4.69, 9.17) is 0 Å². The van der Waals surface area contributed by atoms with Gasteiger partial charge in [0.25, 0.3) is 0 Å². The Morgan fingerprint density at radius 2 is 2.25 bits per heavy atom. The number of nitrogens with zero attached hydrogens (tertiary/aromatic N) is 2. The third-order valence-corrected chi connectivity index (χ3v) is 2.77. The van der Waals surface area contributed by atoms with Crippen LogP contribution in [-0.2, 0) is 11.2 Å². The molecular formula is C13H16N2O. The first kappa shape index (κ1) is 10.9. The summed E-state index contributed by atoms with van der Waals surface area (Å²) >= 11 is 0. The summed E-state index contributed by atoms with van der Waals surface area (Å²) in [6.07, 6.45) is 3.41. The van der Waals surface area contributed by atoms with Crippen molar-refractivity contribution in [3.8, 4) is 0 Å². The molecule has 0 aliphatic heterocycles. The summed E-state index contributed by atoms with van der Waals surface area (Å²) in [4.78, 5) is 15.2. The fraction of sp³-hybridized carbons (Fsp3) is 0.385. The molecule has 2 aromatic heterocycles. The van der Waals surface area contributed by atoms with E-state index >= 15 is 0 Å². The van der Waals surface area contributed by atoms with E-state index in [2.05, 4.69) is 23.2 Å². The maximum Gasteiger partial charge on any atom is 0.124 e. The van der Waals surface area contributed by atoms with Crippen LogP contribution in [0.2, 0.25) is 0 Å². The minimum absolute atomic E-state index is 0.382. The molecule has 0 bridgehead atoms. The lowest BCUT2D eigenvalue weighted by Gasteiger charge is -2.05. The second-order valence-corrected chi connectivity index (χ2v) is 4.33. The summed E-state index contributed by atoms with van der Waals surface area (Å²) in [7, 11) is 0. The monoisotopic (exact) mass is 216 g/mol. The van der Waals surface area contributed by atoms with Crippen LogP contribution in [0.25, 0.3) is 5.52 Å². The second-order valence-electron chi connectivity index (χ2n) is 4.33. The molecule has 0 radical (unpaired) electrons. The van der Waals surface area contributed by atoms with Crippen LogP contribution in [0.1, 0.15) is 36.8 Å². The Balaban J connectivity index is 2.73. The first-order valence-electron chi connectivity index (χ1n) is 5.55. The number of rotatable bonds is 3. The lowest BCUT2D eigenvalue weighted by atomic mass is 10.1. The molecule has 0 atom stereocenters. The average molecular weight is 216 g/mol. The number of aryl methyl sites for hydroxylation is 1. The molecule has 0 N–H and O–H groups in total. The fourth-order valence-corrected chi connectivity index (χ4v) is 2.09. The van der Waals surface area contributed by atoms with Crippen LogP contribution in [0.5, 0.6) is 0 Å². The molecule has 3 heteroatoms. The van der Waals surface area contributed by atoms with Gasteiger partial charge in [0.15, 0.2) is 0 Å². The lowest BCUT2D eigenvalue weighted by molar-refractivity contribution is -0.107. The van der Waals surface area contributed by atoms with Gasteiger partial charge in [0, 0.05) is 18.5 Å². The van der Waals surface area contributed by atoms with Gasteiger partial charge < -0.3 is 9.20 Å². The molecule has 0 fully saturated rings. The van der Waals surface area contributed by atoms with Crippen molar-refractivity contribution in [3.63, 3.8) is 0 Å². The molecule has 0 aromatic carbocycles. The number of fused-ring (bicyclic) bond motifs is 1. The van der Waals surface area contributed by atoms with Crippen molar-refractivity contribution in [1.29, 1.82) is 0 Å². The first-order chi connectivity index (χ1) is 7.65. The number of aldehydes is 1. The standard InChI is InChI=1S/C13H16N2O/c1-9(2)13-14-10(3)12-11(6-8-16)5-4-7-15(12)13/h4-5,7-9H,6H2,1-3H3. The summed E-state index contributed by atoms with van der Waals surface area (Å²) in [6.45, 7) is 6.25. The van der Waals surface area contributed by atoms with Gasteiger partial charge in [-0.05, 0) is 18.6 Å². The van der Waals surface area contributed by atoms with Crippen molar-refractivity contribution >= 4 is 11.8 Å². The second kappa shape index (κ2) is 4.08. The van der Waals surface area contributed by atoms with Crippen LogP contribution in [0.4, 0.5) is 0 Å². The Kier molecular flexibility index (Phi) is 2.77. The highest BCUT2D eigenvalue weighted by Gasteiger charge is 2.13. The summed E-state index contributed by atoms with van der Waals surface area (Å²) in [5, 5.41) is 0. The van der Waals surface area contributed by atoms with E-state index in [0.717, 1.165) is 28.9 Å². The summed E-state index contributed by atoms with van der Waals surface area (Å²) in [5.41, 5.74) is 3.13. The van der Waals surface area contributed by atoms with Gasteiger partial charge in [-0.2, -0.15) is 0 Å². The van der Waals surface area contributed by atoms with E-state index in [-0.39, 0.29) is 0 Å². The smallest absolute Gasteiger partial charge is 0.124 e. The number of pyridine rings is 1. The number of aromatic nitrogens is 2. The SMILES string of the molecule is Cc1nc(C(C)C)n2cccc(CC=O)c12. The van der Waals surface area contributed by atoms with E-state index in [1.54, 1.807) is 0 Å². The minimum atomic E-state index is 0.382. The molecule has 0 saturated carbocycles. The van der Waals surface area contributed by atoms with Crippen molar-refractivity contribution in [2.45, 2.75) is 33.1 Å². The van der Waals surface area contributed by atoms with Gasteiger partial charge in [-0.25, -0.2) is 4.98 Å². The molecule has 0 aliphatic rings. The first-order valence-corrected chi connectivity index (χ1v) is 5.55. The van der Waals surface area contributed by atoms with Gasteiger partial charge in [-0.3, -0.25) is 0 Å². The Morgan fingerprint density at radius 1 is 1.50 bits per heavy atom. The third kappa shape index (κ3) is 1.62. The third-order valence-electron chi connectivity index (χ3n) is 2.77. The van der Waals surface area contributed by atoms with Gasteiger partial charge >= 0.3 is 0 Å². The maximum absolute atomic E-state index is 10.6. The molecule has 3 nitrogen and oxygen atoms in total. The largest absolute Gasteiger partial charge is 0.303 e. The molecule has 2 rings (SSSR count). The highest BCUT2D eigenvalue weighted by atomic mass is 16.1. The van der Waals surface area contributed by atoms with Crippen LogP contribution in [0.15, 0.2) is 18.3 Å². The molecule has 2 heterocycles. The Hall–Kier alpha value is -1.64. The predicted molar refractivity (Wildman–Crippen MR) is 63.8 cm³/mol. The normalized spacial score (nSPS) is 11.2. The van der Waals surface area contributed by atoms with Crippen LogP contribution in [-0.4, -0.2) is 15.7 Å². The Bertz CT molecular complexity index is 526. The number of carbonyl (C=O) groups is 1. The molecule has 0 amide bonds. The van der Waals surface area contributed by atoms with Crippen LogP contribution in [0.3, 0.4) is 0 Å². The van der Waals surface area contributed by atoms with E-state index < -0.39 is 0 Å². The van der Waals surface area contributed by atoms with E-state index in [0.29, 0.717) is 12.3 Å². The van der Waals surface area contributed by atoms with Crippen molar-refractivity contribution in [2.75, 3.05) is 0 Å². The van der Waals surface area contributed by atoms with E-state index in [1.807, 2.05) is 25.3 Å². The van der Waals surface area contributed by atoms with Gasteiger partial charge in [0.1, 0.15) is 12.1 Å². The van der Waals surface area contributed by atoms with Gasteiger partial charge in [-0.1, -0.05) is 19.9 Å². The number of hydrogen-bond acceptors (Lipinski definition) is 2. The fourth-order valence-electron chi connectivity index (χ4n) is 2.09. The number of hydrogen-bond donors (Lipinski definition) is 0. The molecule has 84 valence electrons. The van der Waals surface area contributed by atoms with E-state index in [9.17, 15) is 4.79 Å². The summed E-state index contributed by atoms with van der Waals surface area (Å²) in [6, 6.07) is 3.96. The van der Waals surface area contributed by atoms with E-state index in [1.165, 1.54) is 0 Å². The highest BCUT2D eigenvalue weighted by Crippen LogP contribution is 2.21. The van der Waals surface area contributed by atoms with Crippen molar-refractivity contribution in [3.05, 3.63) is 35.4 Å². The van der Waals surface area contributed by atoms with Crippen LogP contribution in [0, 0.1) is 6.92 Å². The van der Waals surface area contributed by atoms with Crippen molar-refractivity contribution in [2.24, 2.45) is 0 Å². The molecular weight excluding hydrogens is 200 g/mol. The number of imidazole rings is 1. The molecule has 0 saturated heterocycles. The zero-order chi connectivity index (χ0) is 11.7. The topological polar surface area (TPSA) is 34.4 Å². The average Bonchev–Trinajstić information content (AvgIpc) is 2.58. The Labute approximate surface area is 95.1 Å². The molecule has 16 heavy (non-hydrogen) atoms. The minimum Gasteiger partial charge on any atom is -0.303 e. The van der Waals surface area contributed by atoms with Crippen LogP contribution >= 0.6 is 0 Å². The zero-order valence-corrected chi connectivity index (χ0v) is 9.90. The number of carbonyl (C=O) groups excluding carboxylic acids is 1.